The number of aliphatic hydroxyl groups excluding tert-OH is 7. The van der Waals surface area contributed by atoms with Crippen LogP contribution in [0.2, 0.25) is 0 Å². The minimum Gasteiger partial charge on any atom is -0.483 e. The Morgan fingerprint density at radius 2 is 1.52 bits per heavy atom. The largest absolute Gasteiger partial charge is 0.483 e. The average molecular weight is 793 g/mol. The van der Waals surface area contributed by atoms with E-state index < -0.39 is 113 Å². The van der Waals surface area contributed by atoms with Gasteiger partial charge in [0.15, 0.2) is 18.2 Å². The Morgan fingerprint density at radius 3 is 2.14 bits per heavy atom. The molecule has 0 aromatic carbocycles. The van der Waals surface area contributed by atoms with Gasteiger partial charge in [-0.1, -0.05) is 60.1 Å². The predicted molar refractivity (Wildman–Crippen MR) is 198 cm³/mol. The lowest BCUT2D eigenvalue weighted by Crippen LogP contribution is -2.66. The average Bonchev–Trinajstić information content (AvgIpc) is 3.54. The summed E-state index contributed by atoms with van der Waals surface area (Å²) in [4.78, 5) is 28.6. The van der Waals surface area contributed by atoms with E-state index in [1.807, 2.05) is 27.7 Å². The second-order valence-electron chi connectivity index (χ2n) is 19.7. The quantitative estimate of drug-likeness (QED) is 0.183. The molecule has 3 saturated carbocycles. The van der Waals surface area contributed by atoms with Crippen LogP contribution in [0, 0.1) is 45.3 Å². The smallest absolute Gasteiger partial charge is 0.202 e. The van der Waals surface area contributed by atoms with Crippen molar-refractivity contribution in [3.8, 4) is 0 Å². The topological polar surface area (TPSA) is 222 Å². The molecular weight excluding hydrogens is 728 g/mol. The zero-order valence-electron chi connectivity index (χ0n) is 34.1. The number of rotatable bonds is 7. The molecule has 0 amide bonds. The van der Waals surface area contributed by atoms with E-state index in [0.717, 1.165) is 5.57 Å². The summed E-state index contributed by atoms with van der Waals surface area (Å²) in [6, 6.07) is 0. The highest BCUT2D eigenvalue weighted by atomic mass is 16.8. The summed E-state index contributed by atoms with van der Waals surface area (Å²) >= 11 is 0. The number of ketones is 2. The van der Waals surface area contributed by atoms with Crippen LogP contribution < -0.4 is 0 Å². The van der Waals surface area contributed by atoms with Crippen molar-refractivity contribution in [2.24, 2.45) is 45.3 Å². The fourth-order valence-electron chi connectivity index (χ4n) is 12.5. The lowest BCUT2D eigenvalue weighted by atomic mass is 9.38. The summed E-state index contributed by atoms with van der Waals surface area (Å²) in [5, 5.41) is 75.3. The number of hydrogen-bond acceptors (Lipinski definition) is 14. The van der Waals surface area contributed by atoms with Crippen LogP contribution in [0.15, 0.2) is 23.5 Å². The second kappa shape index (κ2) is 14.1. The van der Waals surface area contributed by atoms with Crippen molar-refractivity contribution >= 4 is 11.6 Å². The van der Waals surface area contributed by atoms with E-state index in [0.29, 0.717) is 31.4 Å². The van der Waals surface area contributed by atoms with E-state index >= 15 is 0 Å². The molecule has 316 valence electrons. The van der Waals surface area contributed by atoms with Crippen LogP contribution in [-0.4, -0.2) is 133 Å². The van der Waals surface area contributed by atoms with E-state index in [2.05, 4.69) is 26.8 Å². The molecular formula is C42H64O14. The number of Topliss-reactive ketones (excluding diaryl/α,β-unsaturated/α-hetero) is 1. The summed E-state index contributed by atoms with van der Waals surface area (Å²) in [6.07, 6.45) is -9.67. The van der Waals surface area contributed by atoms with Gasteiger partial charge in [-0.2, -0.15) is 0 Å². The van der Waals surface area contributed by atoms with Gasteiger partial charge >= 0.3 is 0 Å². The van der Waals surface area contributed by atoms with Crippen LogP contribution in [0.25, 0.3) is 0 Å². The molecule has 0 radical (unpaired) electrons. The minimum atomic E-state index is -1.69. The number of fused-ring (bicyclic) bond motifs is 5. The van der Waals surface area contributed by atoms with E-state index in [9.17, 15) is 45.3 Å². The van der Waals surface area contributed by atoms with E-state index in [4.69, 9.17) is 23.7 Å². The molecule has 0 spiro atoms. The molecule has 2 saturated heterocycles. The molecule has 13 unspecified atom stereocenters. The first-order valence-electron chi connectivity index (χ1n) is 20.5. The Morgan fingerprint density at radius 1 is 0.839 bits per heavy atom. The maximum Gasteiger partial charge on any atom is 0.202 e. The molecule has 14 heteroatoms. The molecule has 0 bridgehead atoms. The van der Waals surface area contributed by atoms with Gasteiger partial charge in [0.05, 0.1) is 24.9 Å². The summed E-state index contributed by atoms with van der Waals surface area (Å²) < 4.78 is 30.7. The highest BCUT2D eigenvalue weighted by Gasteiger charge is 2.75. The zero-order chi connectivity index (χ0) is 41.2. The van der Waals surface area contributed by atoms with Crippen molar-refractivity contribution in [1.29, 1.82) is 0 Å². The Hall–Kier alpha value is -1.82. The molecule has 19 atom stereocenters. The minimum absolute atomic E-state index is 0.00153. The summed E-state index contributed by atoms with van der Waals surface area (Å²) in [6.45, 7) is 17.0. The highest BCUT2D eigenvalue weighted by molar-refractivity contribution is 6.00. The number of ether oxygens (including phenoxy) is 5. The first-order valence-corrected chi connectivity index (χ1v) is 20.5. The van der Waals surface area contributed by atoms with Crippen molar-refractivity contribution in [1.82, 2.24) is 0 Å². The number of carbonyl (C=O) groups excluding carboxylic acids is 2. The molecule has 56 heavy (non-hydrogen) atoms. The molecule has 4 aliphatic carbocycles. The Bertz CT molecular complexity index is 1630. The van der Waals surface area contributed by atoms with Gasteiger partial charge in [0.1, 0.15) is 54.3 Å². The Kier molecular flexibility index (Phi) is 10.7. The number of hydrogen-bond donors (Lipinski definition) is 7. The van der Waals surface area contributed by atoms with E-state index in [-0.39, 0.29) is 35.7 Å². The fraction of sp³-hybridized carbons (Fsp3) is 0.857. The molecule has 3 heterocycles. The van der Waals surface area contributed by atoms with Crippen molar-refractivity contribution in [3.63, 3.8) is 0 Å². The standard InChI is InChI=1S/C42H64O14/c1-18(2)23-14-26(45)42(9,56-23)35-22(44)15-39(6)25-12-10-20-21(41(25,8)27(46)16-40(35,39)7)11-13-28(38(20,4)5)54-37-34(32(50)30(48)24(17-43)53-37)55-36-33(51)31(49)29(47)19(3)52-36/h10,14,18-19,21-22,24-25,28-37,43-44,47-51H,11-13,15-17H2,1-9H3/t19?,21-,22?,24?,25-,28?,29?,30?,31?,32?,33?,34?,35?,36?,37?,39-,40+,41-,42-/m0/s1. The maximum absolute atomic E-state index is 14.9. The number of carbonyl (C=O) groups is 2. The molecule has 14 nitrogen and oxygen atoms in total. The molecule has 7 aliphatic rings. The molecule has 0 aromatic heterocycles. The van der Waals surface area contributed by atoms with Crippen molar-refractivity contribution < 1.29 is 69.0 Å². The first kappa shape index (κ1) is 42.3. The zero-order valence-corrected chi connectivity index (χ0v) is 34.1. The Labute approximate surface area is 329 Å². The van der Waals surface area contributed by atoms with Crippen molar-refractivity contribution in [2.45, 2.75) is 174 Å². The fourth-order valence-corrected chi connectivity index (χ4v) is 12.5. The molecule has 5 fully saturated rings. The molecule has 7 N–H and O–H groups in total. The first-order chi connectivity index (χ1) is 26.0. The van der Waals surface area contributed by atoms with Gasteiger partial charge in [-0.3, -0.25) is 9.59 Å². The predicted octanol–water partition coefficient (Wildman–Crippen LogP) is 1.68. The summed E-state index contributed by atoms with van der Waals surface area (Å²) in [5.74, 6) is -0.314. The van der Waals surface area contributed by atoms with Crippen LogP contribution >= 0.6 is 0 Å². The second-order valence-corrected chi connectivity index (χ2v) is 19.7. The third-order valence-electron chi connectivity index (χ3n) is 16.0. The van der Waals surface area contributed by atoms with Crippen LogP contribution in [0.3, 0.4) is 0 Å². The third kappa shape index (κ3) is 5.90. The maximum atomic E-state index is 14.9. The lowest BCUT2D eigenvalue weighted by molar-refractivity contribution is -0.372. The van der Waals surface area contributed by atoms with Crippen LogP contribution in [0.5, 0.6) is 0 Å². The van der Waals surface area contributed by atoms with E-state index in [1.165, 1.54) is 6.92 Å². The van der Waals surface area contributed by atoms with Gasteiger partial charge in [-0.15, -0.1) is 0 Å². The van der Waals surface area contributed by atoms with Gasteiger partial charge in [-0.05, 0) is 62.2 Å². The monoisotopic (exact) mass is 792 g/mol. The number of allylic oxidation sites excluding steroid dienone is 2. The highest BCUT2D eigenvalue weighted by Crippen LogP contribution is 2.74. The van der Waals surface area contributed by atoms with Crippen LogP contribution in [0.4, 0.5) is 0 Å². The normalized spacial score (nSPS) is 52.8. The van der Waals surface area contributed by atoms with Gasteiger partial charge in [-0.25, -0.2) is 0 Å². The van der Waals surface area contributed by atoms with Gasteiger partial charge in [0.25, 0.3) is 0 Å². The summed E-state index contributed by atoms with van der Waals surface area (Å²) in [7, 11) is 0. The Balaban J connectivity index is 1.16. The third-order valence-corrected chi connectivity index (χ3v) is 16.0. The molecule has 7 rings (SSSR count). The van der Waals surface area contributed by atoms with Gasteiger partial charge in [0, 0.05) is 35.2 Å². The van der Waals surface area contributed by atoms with Crippen LogP contribution in [0.1, 0.15) is 94.4 Å². The molecule has 0 aromatic rings. The molecule has 3 aliphatic heterocycles. The summed E-state index contributed by atoms with van der Waals surface area (Å²) in [5.41, 5.74) is -2.90. The van der Waals surface area contributed by atoms with Crippen molar-refractivity contribution in [3.05, 3.63) is 23.5 Å². The van der Waals surface area contributed by atoms with Gasteiger partial charge < -0.3 is 59.4 Å². The lowest BCUT2D eigenvalue weighted by Gasteiger charge is -2.65. The van der Waals surface area contributed by atoms with Gasteiger partial charge in [0.2, 0.25) is 5.78 Å². The van der Waals surface area contributed by atoms with E-state index in [1.54, 1.807) is 13.0 Å². The van der Waals surface area contributed by atoms with Crippen LogP contribution in [-0.2, 0) is 33.3 Å². The SMILES string of the molecule is CC(C)C1=CC(=O)[C@@](C)(C2C(O)C[C@@]3(C)[C@@H]4CC=C5[C@H](CCC(OC6OC(CO)C(O)C(O)C6OC6OC(C)C(O)C(O)C6O)C5(C)C)[C@]4(C)C(=O)C[C@]23C)O1. The van der Waals surface area contributed by atoms with Crippen molar-refractivity contribution in [2.75, 3.05) is 6.61 Å². The number of aliphatic hydroxyl groups is 7.